The van der Waals surface area contributed by atoms with Crippen LogP contribution in [0.25, 0.3) is 0 Å². The third-order valence-electron chi connectivity index (χ3n) is 3.68. The van der Waals surface area contributed by atoms with Crippen LogP contribution in [0.5, 0.6) is 11.5 Å². The minimum Gasteiger partial charge on any atom is -0.549 e. The molecule has 6 heteroatoms. The fourth-order valence-electron chi connectivity index (χ4n) is 2.42. The van der Waals surface area contributed by atoms with Crippen molar-refractivity contribution in [3.63, 3.8) is 0 Å². The largest absolute Gasteiger partial charge is 1.00 e. The maximum Gasteiger partial charge on any atom is 1.00 e. The van der Waals surface area contributed by atoms with E-state index in [1.807, 2.05) is 54.6 Å². The maximum absolute atomic E-state index is 10.7. The molecule has 2 aromatic carbocycles. The fourth-order valence-corrected chi connectivity index (χ4v) is 2.42. The van der Waals surface area contributed by atoms with Crippen LogP contribution in [0, 0.1) is 0 Å². The molecule has 0 N–H and O–H groups in total. The number of aliphatic carboxylic acids is 1. The summed E-state index contributed by atoms with van der Waals surface area (Å²) in [5.74, 6) is 0.435. The standard InChI is InChI=1S/C19H23NO4.Li/c1-20(14-19(21)22)13-12-18(15-6-4-3-5-7-15)24-17-10-8-16(23-2)9-11-17;/h3-11,18H,12-14H2,1-2H3,(H,21,22);/q;+1/p-1. The number of hydrogen-bond donors (Lipinski definition) is 0. The molecule has 0 amide bonds. The number of carboxylic acids is 1. The molecule has 2 rings (SSSR count). The molecule has 0 aromatic heterocycles. The molecule has 0 heterocycles. The van der Waals surface area contributed by atoms with Crippen molar-refractivity contribution in [1.82, 2.24) is 4.90 Å². The van der Waals surface area contributed by atoms with E-state index in [9.17, 15) is 9.90 Å². The predicted octanol–water partition coefficient (Wildman–Crippen LogP) is -1.11. The molecule has 0 spiro atoms. The van der Waals surface area contributed by atoms with Crippen LogP contribution < -0.4 is 33.4 Å². The zero-order chi connectivity index (χ0) is 17.4. The Balaban J connectivity index is 0.00000312. The summed E-state index contributed by atoms with van der Waals surface area (Å²) in [6.07, 6.45) is 0.503. The first-order chi connectivity index (χ1) is 11.6. The molecule has 0 fully saturated rings. The average Bonchev–Trinajstić information content (AvgIpc) is 2.59. The van der Waals surface area contributed by atoms with Gasteiger partial charge in [-0.2, -0.15) is 0 Å². The maximum atomic E-state index is 10.7. The SMILES string of the molecule is COc1ccc(OC(CCN(C)CC(=O)[O-])c2ccccc2)cc1.[Li+]. The molecule has 2 aromatic rings. The minimum atomic E-state index is -1.08. The van der Waals surface area contributed by atoms with Gasteiger partial charge in [-0.05, 0) is 36.9 Å². The van der Waals surface area contributed by atoms with Gasteiger partial charge in [0.25, 0.3) is 0 Å². The molecule has 0 aliphatic carbocycles. The number of carbonyl (C=O) groups is 1. The molecule has 128 valence electrons. The third-order valence-corrected chi connectivity index (χ3v) is 3.68. The molecule has 0 aliphatic rings. The summed E-state index contributed by atoms with van der Waals surface area (Å²) in [6, 6.07) is 17.3. The Morgan fingerprint density at radius 2 is 1.68 bits per heavy atom. The fraction of sp³-hybridized carbons (Fsp3) is 0.316. The van der Waals surface area contributed by atoms with E-state index in [4.69, 9.17) is 9.47 Å². The smallest absolute Gasteiger partial charge is 0.549 e. The number of rotatable bonds is 9. The van der Waals surface area contributed by atoms with Gasteiger partial charge in [-0.3, -0.25) is 0 Å². The number of ether oxygens (including phenoxy) is 2. The van der Waals surface area contributed by atoms with E-state index >= 15 is 0 Å². The number of likely N-dealkylation sites (N-methyl/N-ethyl adjacent to an activating group) is 1. The topological polar surface area (TPSA) is 61.8 Å². The zero-order valence-corrected chi connectivity index (χ0v) is 15.0. The Kier molecular flexibility index (Phi) is 9.15. The Morgan fingerprint density at radius 1 is 1.08 bits per heavy atom. The van der Waals surface area contributed by atoms with Crippen molar-refractivity contribution in [2.45, 2.75) is 12.5 Å². The van der Waals surface area contributed by atoms with E-state index < -0.39 is 5.97 Å². The number of methoxy groups -OCH3 is 1. The summed E-state index contributed by atoms with van der Waals surface area (Å²) in [5.41, 5.74) is 1.05. The average molecular weight is 335 g/mol. The van der Waals surface area contributed by atoms with Crippen LogP contribution in [0.4, 0.5) is 0 Å². The molecule has 0 radical (unpaired) electrons. The van der Waals surface area contributed by atoms with Crippen molar-refractivity contribution in [1.29, 1.82) is 0 Å². The van der Waals surface area contributed by atoms with Crippen LogP contribution >= 0.6 is 0 Å². The third kappa shape index (κ3) is 7.23. The van der Waals surface area contributed by atoms with E-state index in [2.05, 4.69) is 0 Å². The van der Waals surface area contributed by atoms with Gasteiger partial charge in [0.05, 0.1) is 13.1 Å². The quantitative estimate of drug-likeness (QED) is 0.544. The van der Waals surface area contributed by atoms with Crippen molar-refractivity contribution in [3.05, 3.63) is 60.2 Å². The molecule has 0 bridgehead atoms. The van der Waals surface area contributed by atoms with Crippen molar-refractivity contribution in [2.24, 2.45) is 0 Å². The Morgan fingerprint density at radius 3 is 2.24 bits per heavy atom. The second kappa shape index (κ2) is 10.8. The minimum absolute atomic E-state index is 0. The van der Waals surface area contributed by atoms with E-state index in [0.717, 1.165) is 17.1 Å². The molecule has 0 aliphatic heterocycles. The Hall–Kier alpha value is -1.93. The summed E-state index contributed by atoms with van der Waals surface area (Å²) in [4.78, 5) is 12.4. The number of carbonyl (C=O) groups excluding carboxylic acids is 1. The predicted molar refractivity (Wildman–Crippen MR) is 89.9 cm³/mol. The summed E-state index contributed by atoms with van der Waals surface area (Å²) >= 11 is 0. The van der Waals surface area contributed by atoms with Gasteiger partial charge in [0, 0.05) is 19.5 Å². The van der Waals surface area contributed by atoms with E-state index in [-0.39, 0.29) is 31.5 Å². The zero-order valence-electron chi connectivity index (χ0n) is 15.0. The van der Waals surface area contributed by atoms with Gasteiger partial charge < -0.3 is 24.3 Å². The van der Waals surface area contributed by atoms with Crippen molar-refractivity contribution in [3.8, 4) is 11.5 Å². The molecule has 1 atom stereocenters. The first-order valence-electron chi connectivity index (χ1n) is 7.82. The van der Waals surface area contributed by atoms with Crippen LogP contribution in [-0.2, 0) is 4.79 Å². The van der Waals surface area contributed by atoms with E-state index in [1.165, 1.54) is 0 Å². The van der Waals surface area contributed by atoms with Gasteiger partial charge >= 0.3 is 18.9 Å². The second-order valence-electron chi connectivity index (χ2n) is 5.59. The summed E-state index contributed by atoms with van der Waals surface area (Å²) < 4.78 is 11.3. The number of benzene rings is 2. The van der Waals surface area contributed by atoms with Crippen LogP contribution in [0.15, 0.2) is 54.6 Å². The Labute approximate surface area is 160 Å². The molecule has 0 saturated heterocycles. The first-order valence-corrected chi connectivity index (χ1v) is 7.82. The van der Waals surface area contributed by atoms with Crippen LogP contribution in [-0.4, -0.2) is 38.1 Å². The van der Waals surface area contributed by atoms with Gasteiger partial charge in [-0.25, -0.2) is 0 Å². The summed E-state index contributed by atoms with van der Waals surface area (Å²) in [6.45, 7) is 0.494. The van der Waals surface area contributed by atoms with Gasteiger partial charge in [0.15, 0.2) is 0 Å². The van der Waals surface area contributed by atoms with Gasteiger partial charge in [-0.15, -0.1) is 0 Å². The normalized spacial score (nSPS) is 11.5. The van der Waals surface area contributed by atoms with Gasteiger partial charge in [-0.1, -0.05) is 30.3 Å². The van der Waals surface area contributed by atoms with E-state index in [1.54, 1.807) is 19.1 Å². The first kappa shape index (κ1) is 21.1. The number of hydrogen-bond acceptors (Lipinski definition) is 5. The van der Waals surface area contributed by atoms with Crippen LogP contribution in [0.2, 0.25) is 0 Å². The molecule has 5 nitrogen and oxygen atoms in total. The molecular weight excluding hydrogens is 313 g/mol. The Bertz CT molecular complexity index is 634. The van der Waals surface area contributed by atoms with Crippen LogP contribution in [0.1, 0.15) is 18.1 Å². The van der Waals surface area contributed by atoms with Gasteiger partial charge in [0.2, 0.25) is 0 Å². The number of carboxylic acid groups (broad SMARTS) is 1. The monoisotopic (exact) mass is 335 g/mol. The summed E-state index contributed by atoms with van der Waals surface area (Å²) in [7, 11) is 3.38. The number of nitrogens with zero attached hydrogens (tertiary/aromatic N) is 1. The molecule has 25 heavy (non-hydrogen) atoms. The molecular formula is C19H22LiNO4. The van der Waals surface area contributed by atoms with E-state index in [0.29, 0.717) is 13.0 Å². The van der Waals surface area contributed by atoms with Crippen LogP contribution in [0.3, 0.4) is 0 Å². The van der Waals surface area contributed by atoms with Gasteiger partial charge in [0.1, 0.15) is 17.6 Å². The molecule has 1 unspecified atom stereocenters. The van der Waals surface area contributed by atoms with Crippen molar-refractivity contribution in [2.75, 3.05) is 27.2 Å². The summed E-state index contributed by atoms with van der Waals surface area (Å²) in [5, 5.41) is 10.7. The molecule has 0 saturated carbocycles. The van der Waals surface area contributed by atoms with Crippen molar-refractivity contribution < 1.29 is 38.2 Å². The van der Waals surface area contributed by atoms with Crippen molar-refractivity contribution >= 4 is 5.97 Å². The second-order valence-corrected chi connectivity index (χ2v) is 5.59.